The zero-order valence-corrected chi connectivity index (χ0v) is 10.2. The Hall–Kier alpha value is -1.95. The van der Waals surface area contributed by atoms with Gasteiger partial charge in [0.05, 0.1) is 18.7 Å². The molecule has 5 nitrogen and oxygen atoms in total. The molecule has 94 valence electrons. The first-order chi connectivity index (χ1) is 8.61. The van der Waals surface area contributed by atoms with Crippen molar-refractivity contribution in [1.29, 1.82) is 0 Å². The lowest BCUT2D eigenvalue weighted by molar-refractivity contribution is 0.0586. The minimum absolute atomic E-state index is 0.0348. The zero-order chi connectivity index (χ0) is 13.1. The van der Waals surface area contributed by atoms with Gasteiger partial charge in [0, 0.05) is 0 Å². The van der Waals surface area contributed by atoms with E-state index in [1.165, 1.54) is 24.2 Å². The molecule has 0 unspecified atom stereocenters. The molecule has 0 N–H and O–H groups in total. The standard InChI is InChI=1S/C11H9ClFN3O2/c1-18-11(17)10-14-6-16(15-10)5-7-3-2-4-8(13)9(7)12/h2-4,6H,5H2,1H3. The van der Waals surface area contributed by atoms with E-state index in [4.69, 9.17) is 11.6 Å². The summed E-state index contributed by atoms with van der Waals surface area (Å²) in [4.78, 5) is 14.9. The molecule has 18 heavy (non-hydrogen) atoms. The van der Waals surface area contributed by atoms with Crippen LogP contribution in [0.5, 0.6) is 0 Å². The second-order valence-electron chi connectivity index (χ2n) is 3.47. The van der Waals surface area contributed by atoms with Crippen molar-refractivity contribution in [3.05, 3.63) is 46.8 Å². The van der Waals surface area contributed by atoms with Gasteiger partial charge >= 0.3 is 5.97 Å². The lowest BCUT2D eigenvalue weighted by atomic mass is 10.2. The molecule has 0 fully saturated rings. The van der Waals surface area contributed by atoms with Crippen LogP contribution in [0.3, 0.4) is 0 Å². The molecule has 1 heterocycles. The van der Waals surface area contributed by atoms with Crippen LogP contribution in [0, 0.1) is 5.82 Å². The maximum atomic E-state index is 13.2. The summed E-state index contributed by atoms with van der Waals surface area (Å²) in [6.45, 7) is 0.223. The fraction of sp³-hybridized carbons (Fsp3) is 0.182. The van der Waals surface area contributed by atoms with Gasteiger partial charge in [0.25, 0.3) is 5.82 Å². The molecule has 0 spiro atoms. The van der Waals surface area contributed by atoms with E-state index in [9.17, 15) is 9.18 Å². The van der Waals surface area contributed by atoms with Crippen molar-refractivity contribution in [2.24, 2.45) is 0 Å². The Morgan fingerprint density at radius 2 is 2.33 bits per heavy atom. The first-order valence-corrected chi connectivity index (χ1v) is 5.40. The van der Waals surface area contributed by atoms with Crippen LogP contribution in [0.4, 0.5) is 4.39 Å². The largest absolute Gasteiger partial charge is 0.463 e. The molecule has 1 aromatic carbocycles. The highest BCUT2D eigenvalue weighted by molar-refractivity contribution is 6.31. The Labute approximate surface area is 107 Å². The molecule has 0 aliphatic heterocycles. The number of aromatic nitrogens is 3. The van der Waals surface area contributed by atoms with Crippen LogP contribution in [-0.4, -0.2) is 27.8 Å². The monoisotopic (exact) mass is 269 g/mol. The number of halogens is 2. The first-order valence-electron chi connectivity index (χ1n) is 5.02. The number of ether oxygens (including phenoxy) is 1. The third kappa shape index (κ3) is 2.48. The second-order valence-corrected chi connectivity index (χ2v) is 3.85. The fourth-order valence-electron chi connectivity index (χ4n) is 1.40. The number of hydrogen-bond acceptors (Lipinski definition) is 4. The molecular weight excluding hydrogens is 261 g/mol. The summed E-state index contributed by atoms with van der Waals surface area (Å²) in [5.41, 5.74) is 0.554. The van der Waals surface area contributed by atoms with Gasteiger partial charge in [-0.1, -0.05) is 23.7 Å². The Bertz CT molecular complexity index is 585. The number of hydrogen-bond donors (Lipinski definition) is 0. The number of carbonyl (C=O) groups excluding carboxylic acids is 1. The Kier molecular flexibility index (Phi) is 3.57. The molecule has 0 aliphatic rings. The van der Waals surface area contributed by atoms with E-state index >= 15 is 0 Å². The highest BCUT2D eigenvalue weighted by Gasteiger charge is 2.12. The number of rotatable bonds is 3. The van der Waals surface area contributed by atoms with E-state index in [1.54, 1.807) is 12.1 Å². The van der Waals surface area contributed by atoms with Crippen LogP contribution in [0.2, 0.25) is 5.02 Å². The SMILES string of the molecule is COC(=O)c1ncn(Cc2cccc(F)c2Cl)n1. The predicted octanol–water partition coefficient (Wildman–Crippen LogP) is 1.91. The van der Waals surface area contributed by atoms with Gasteiger partial charge in [0.1, 0.15) is 12.1 Å². The van der Waals surface area contributed by atoms with Crippen LogP contribution in [0.1, 0.15) is 16.2 Å². The molecule has 0 atom stereocenters. The lowest BCUT2D eigenvalue weighted by Gasteiger charge is -2.04. The number of nitrogens with zero attached hydrogens (tertiary/aromatic N) is 3. The molecule has 0 radical (unpaired) electrons. The van der Waals surface area contributed by atoms with Gasteiger partial charge in [0.2, 0.25) is 0 Å². The maximum Gasteiger partial charge on any atom is 0.377 e. The molecule has 0 bridgehead atoms. The van der Waals surface area contributed by atoms with Crippen molar-refractivity contribution in [3.8, 4) is 0 Å². The average molecular weight is 270 g/mol. The van der Waals surface area contributed by atoms with Crippen molar-refractivity contribution in [3.63, 3.8) is 0 Å². The Morgan fingerprint density at radius 3 is 3.06 bits per heavy atom. The van der Waals surface area contributed by atoms with E-state index in [0.29, 0.717) is 5.56 Å². The summed E-state index contributed by atoms with van der Waals surface area (Å²) in [5, 5.41) is 3.93. The van der Waals surface area contributed by atoms with Gasteiger partial charge in [-0.15, -0.1) is 5.10 Å². The van der Waals surface area contributed by atoms with Gasteiger partial charge in [-0.3, -0.25) is 0 Å². The van der Waals surface area contributed by atoms with Crippen LogP contribution >= 0.6 is 11.6 Å². The minimum atomic E-state index is -0.626. The number of benzene rings is 1. The number of methoxy groups -OCH3 is 1. The van der Waals surface area contributed by atoms with E-state index in [-0.39, 0.29) is 17.4 Å². The number of esters is 1. The van der Waals surface area contributed by atoms with Gasteiger partial charge in [0.15, 0.2) is 0 Å². The van der Waals surface area contributed by atoms with Crippen molar-refractivity contribution in [1.82, 2.24) is 14.8 Å². The summed E-state index contributed by atoms with van der Waals surface area (Å²) in [6, 6.07) is 4.49. The molecule has 1 aromatic heterocycles. The third-order valence-corrected chi connectivity index (χ3v) is 2.69. The first kappa shape index (κ1) is 12.5. The van der Waals surface area contributed by atoms with E-state index in [0.717, 1.165) is 0 Å². The van der Waals surface area contributed by atoms with Crippen molar-refractivity contribution >= 4 is 17.6 Å². The van der Waals surface area contributed by atoms with E-state index in [2.05, 4.69) is 14.8 Å². The topological polar surface area (TPSA) is 57.0 Å². The molecule has 7 heteroatoms. The quantitative estimate of drug-likeness (QED) is 0.799. The summed E-state index contributed by atoms with van der Waals surface area (Å²) in [6.07, 6.45) is 1.35. The molecule has 0 aliphatic carbocycles. The Morgan fingerprint density at radius 1 is 1.56 bits per heavy atom. The molecular formula is C11H9ClFN3O2. The van der Waals surface area contributed by atoms with Gasteiger partial charge < -0.3 is 4.74 Å². The van der Waals surface area contributed by atoms with Gasteiger partial charge in [-0.25, -0.2) is 18.9 Å². The van der Waals surface area contributed by atoms with Crippen LogP contribution in [-0.2, 0) is 11.3 Å². The highest BCUT2D eigenvalue weighted by Crippen LogP contribution is 2.20. The second kappa shape index (κ2) is 5.14. The van der Waals surface area contributed by atoms with Gasteiger partial charge in [-0.2, -0.15) is 0 Å². The predicted molar refractivity (Wildman–Crippen MR) is 61.9 cm³/mol. The molecule has 2 aromatic rings. The molecule has 0 saturated heterocycles. The fourth-order valence-corrected chi connectivity index (χ4v) is 1.59. The van der Waals surface area contributed by atoms with Crippen molar-refractivity contribution in [2.45, 2.75) is 6.54 Å². The summed E-state index contributed by atoms with van der Waals surface area (Å²) in [5.74, 6) is -1.17. The minimum Gasteiger partial charge on any atom is -0.463 e. The van der Waals surface area contributed by atoms with Crippen molar-refractivity contribution < 1.29 is 13.9 Å². The average Bonchev–Trinajstić information content (AvgIpc) is 2.82. The summed E-state index contributed by atoms with van der Waals surface area (Å²) >= 11 is 5.81. The van der Waals surface area contributed by atoms with E-state index in [1.807, 2.05) is 0 Å². The number of carbonyl (C=O) groups is 1. The van der Waals surface area contributed by atoms with Crippen LogP contribution in [0.25, 0.3) is 0 Å². The zero-order valence-electron chi connectivity index (χ0n) is 9.43. The van der Waals surface area contributed by atoms with Gasteiger partial charge in [-0.05, 0) is 11.6 Å². The lowest BCUT2D eigenvalue weighted by Crippen LogP contribution is -2.07. The smallest absolute Gasteiger partial charge is 0.377 e. The highest BCUT2D eigenvalue weighted by atomic mass is 35.5. The summed E-state index contributed by atoms with van der Waals surface area (Å²) in [7, 11) is 1.24. The Balaban J connectivity index is 2.21. The third-order valence-electron chi connectivity index (χ3n) is 2.27. The maximum absolute atomic E-state index is 13.2. The van der Waals surface area contributed by atoms with E-state index < -0.39 is 11.8 Å². The molecule has 0 saturated carbocycles. The molecule has 2 rings (SSSR count). The van der Waals surface area contributed by atoms with Crippen LogP contribution in [0.15, 0.2) is 24.5 Å². The summed E-state index contributed by atoms with van der Waals surface area (Å²) < 4.78 is 19.1. The van der Waals surface area contributed by atoms with Crippen LogP contribution < -0.4 is 0 Å². The normalized spacial score (nSPS) is 10.4. The molecule has 0 amide bonds. The van der Waals surface area contributed by atoms with Crippen molar-refractivity contribution in [2.75, 3.05) is 7.11 Å².